The number of carbonyl (C=O) groups excluding carboxylic acids is 1. The van der Waals surface area contributed by atoms with E-state index < -0.39 is 0 Å². The van der Waals surface area contributed by atoms with Crippen molar-refractivity contribution < 1.29 is 19.0 Å². The highest BCUT2D eigenvalue weighted by Gasteiger charge is 2.25. The number of hydrogen-bond acceptors (Lipinski definition) is 5. The van der Waals surface area contributed by atoms with Crippen molar-refractivity contribution in [3.63, 3.8) is 0 Å². The van der Waals surface area contributed by atoms with Gasteiger partial charge in [0.05, 0.1) is 31.9 Å². The molecule has 122 valence electrons. The van der Waals surface area contributed by atoms with Gasteiger partial charge in [0.1, 0.15) is 0 Å². The Labute approximate surface area is 139 Å². The molecule has 0 fully saturated rings. The summed E-state index contributed by atoms with van der Waals surface area (Å²) in [7, 11) is 4.47. The smallest absolute Gasteiger partial charge is 0.204 e. The van der Waals surface area contributed by atoms with Gasteiger partial charge < -0.3 is 19.9 Å². The second kappa shape index (κ2) is 6.79. The fourth-order valence-electron chi connectivity index (χ4n) is 2.41. The van der Waals surface area contributed by atoms with Gasteiger partial charge in [-0.1, -0.05) is 11.6 Å². The Morgan fingerprint density at radius 2 is 1.70 bits per heavy atom. The summed E-state index contributed by atoms with van der Waals surface area (Å²) >= 11 is 6.15. The maximum Gasteiger partial charge on any atom is 0.204 e. The number of anilines is 1. The summed E-state index contributed by atoms with van der Waals surface area (Å²) in [6.07, 6.45) is 0. The molecule has 0 aromatic heterocycles. The van der Waals surface area contributed by atoms with Crippen LogP contribution in [0.1, 0.15) is 21.5 Å². The zero-order valence-electron chi connectivity index (χ0n) is 13.4. The second-order valence-corrected chi connectivity index (χ2v) is 5.31. The number of ketones is 1. The number of nitrogen functional groups attached to an aromatic ring is 1. The lowest BCUT2D eigenvalue weighted by atomic mass is 9.96. The van der Waals surface area contributed by atoms with Gasteiger partial charge in [0.2, 0.25) is 5.75 Å². The van der Waals surface area contributed by atoms with E-state index in [4.69, 9.17) is 31.5 Å². The number of benzene rings is 2. The molecule has 0 saturated carbocycles. The van der Waals surface area contributed by atoms with Crippen molar-refractivity contribution in [3.8, 4) is 17.2 Å². The number of rotatable bonds is 5. The van der Waals surface area contributed by atoms with Crippen molar-refractivity contribution in [3.05, 3.63) is 46.0 Å². The molecule has 0 aliphatic heterocycles. The molecule has 5 nitrogen and oxygen atoms in total. The van der Waals surface area contributed by atoms with Crippen LogP contribution in [0.4, 0.5) is 5.69 Å². The summed E-state index contributed by atoms with van der Waals surface area (Å²) in [4.78, 5) is 13.0. The van der Waals surface area contributed by atoms with Crippen molar-refractivity contribution >= 4 is 23.1 Å². The van der Waals surface area contributed by atoms with Crippen LogP contribution < -0.4 is 19.9 Å². The molecule has 0 bridgehead atoms. The van der Waals surface area contributed by atoms with Crippen molar-refractivity contribution in [2.75, 3.05) is 27.1 Å². The minimum atomic E-state index is -0.294. The third-order valence-electron chi connectivity index (χ3n) is 3.49. The van der Waals surface area contributed by atoms with Crippen LogP contribution in [-0.4, -0.2) is 27.1 Å². The van der Waals surface area contributed by atoms with Gasteiger partial charge in [0, 0.05) is 11.3 Å². The van der Waals surface area contributed by atoms with Crippen LogP contribution >= 0.6 is 11.6 Å². The van der Waals surface area contributed by atoms with E-state index in [2.05, 4.69) is 0 Å². The molecule has 2 rings (SSSR count). The summed E-state index contributed by atoms with van der Waals surface area (Å²) in [6, 6.07) is 6.49. The van der Waals surface area contributed by atoms with Crippen LogP contribution in [0.25, 0.3) is 0 Å². The summed E-state index contributed by atoms with van der Waals surface area (Å²) in [5.74, 6) is 0.839. The molecule has 0 radical (unpaired) electrons. The molecule has 23 heavy (non-hydrogen) atoms. The minimum absolute atomic E-state index is 0.294. The molecule has 2 aromatic carbocycles. The molecule has 0 aliphatic rings. The predicted molar refractivity (Wildman–Crippen MR) is 90.1 cm³/mol. The SMILES string of the molecule is COc1cc(C)c(C(=O)c2cc(N)ccc2Cl)c(OC)c1OC. The first-order valence-electron chi connectivity index (χ1n) is 6.83. The Morgan fingerprint density at radius 3 is 2.26 bits per heavy atom. The van der Waals surface area contributed by atoms with Crippen LogP contribution in [0.2, 0.25) is 5.02 Å². The number of methoxy groups -OCH3 is 3. The first-order valence-corrected chi connectivity index (χ1v) is 7.21. The van der Waals surface area contributed by atoms with E-state index in [0.717, 1.165) is 0 Å². The lowest BCUT2D eigenvalue weighted by Crippen LogP contribution is -2.09. The van der Waals surface area contributed by atoms with Gasteiger partial charge in [-0.15, -0.1) is 0 Å². The molecule has 6 heteroatoms. The lowest BCUT2D eigenvalue weighted by molar-refractivity contribution is 0.103. The maximum atomic E-state index is 13.0. The van der Waals surface area contributed by atoms with Gasteiger partial charge in [0.25, 0.3) is 0 Å². The molecule has 0 spiro atoms. The normalized spacial score (nSPS) is 10.3. The van der Waals surface area contributed by atoms with Crippen molar-refractivity contribution in [1.29, 1.82) is 0 Å². The Kier molecular flexibility index (Phi) is 5.01. The maximum absolute atomic E-state index is 13.0. The van der Waals surface area contributed by atoms with Crippen LogP contribution in [0, 0.1) is 6.92 Å². The molecule has 0 saturated heterocycles. The molecule has 0 aliphatic carbocycles. The first-order chi connectivity index (χ1) is 10.9. The number of halogens is 1. The van der Waals surface area contributed by atoms with Gasteiger partial charge in [-0.25, -0.2) is 0 Å². The molecular formula is C17H18ClNO4. The number of ether oxygens (including phenoxy) is 3. The number of nitrogens with two attached hydrogens (primary N) is 1. The van der Waals surface area contributed by atoms with Gasteiger partial charge >= 0.3 is 0 Å². The van der Waals surface area contributed by atoms with Gasteiger partial charge in [0.15, 0.2) is 17.3 Å². The monoisotopic (exact) mass is 335 g/mol. The number of carbonyl (C=O) groups is 1. The molecule has 0 heterocycles. The first kappa shape index (κ1) is 17.0. The third-order valence-corrected chi connectivity index (χ3v) is 3.82. The van der Waals surface area contributed by atoms with Crippen LogP contribution in [0.5, 0.6) is 17.2 Å². The summed E-state index contributed by atoms with van der Waals surface area (Å²) in [5, 5.41) is 0.320. The molecular weight excluding hydrogens is 318 g/mol. The predicted octanol–water partition coefficient (Wildman–Crippen LogP) is 3.49. The standard InChI is InChI=1S/C17H18ClNO4/c1-9-7-13(21-2)16(22-3)17(23-4)14(9)15(20)11-8-10(19)5-6-12(11)18/h5-8H,19H2,1-4H3. The largest absolute Gasteiger partial charge is 0.493 e. The summed E-state index contributed by atoms with van der Waals surface area (Å²) < 4.78 is 16.0. The van der Waals surface area contributed by atoms with E-state index in [0.29, 0.717) is 44.6 Å². The highest BCUT2D eigenvalue weighted by Crippen LogP contribution is 2.43. The number of aryl methyl sites for hydroxylation is 1. The molecule has 2 aromatic rings. The molecule has 0 unspecified atom stereocenters. The lowest BCUT2D eigenvalue weighted by Gasteiger charge is -2.18. The van der Waals surface area contributed by atoms with Crippen LogP contribution in [-0.2, 0) is 0 Å². The highest BCUT2D eigenvalue weighted by molar-refractivity contribution is 6.35. The summed E-state index contributed by atoms with van der Waals surface area (Å²) in [6.45, 7) is 1.79. The van der Waals surface area contributed by atoms with Gasteiger partial charge in [-0.2, -0.15) is 0 Å². The number of hydrogen-bond donors (Lipinski definition) is 1. The molecule has 0 amide bonds. The summed E-state index contributed by atoms with van der Waals surface area (Å²) in [5.41, 5.74) is 7.57. The topological polar surface area (TPSA) is 70.8 Å². The highest BCUT2D eigenvalue weighted by atomic mass is 35.5. The Balaban J connectivity index is 2.71. The molecule has 2 N–H and O–H groups in total. The van der Waals surface area contributed by atoms with Crippen LogP contribution in [0.3, 0.4) is 0 Å². The van der Waals surface area contributed by atoms with Gasteiger partial charge in [-0.05, 0) is 36.8 Å². The average molecular weight is 336 g/mol. The third kappa shape index (κ3) is 3.05. The fourth-order valence-corrected chi connectivity index (χ4v) is 2.62. The van der Waals surface area contributed by atoms with E-state index in [1.54, 1.807) is 31.2 Å². The minimum Gasteiger partial charge on any atom is -0.493 e. The Hall–Kier alpha value is -2.40. The molecule has 0 atom stereocenters. The van der Waals surface area contributed by atoms with Crippen LogP contribution in [0.15, 0.2) is 24.3 Å². The van der Waals surface area contributed by atoms with Crippen molar-refractivity contribution in [2.24, 2.45) is 0 Å². The van der Waals surface area contributed by atoms with E-state index >= 15 is 0 Å². The zero-order chi connectivity index (χ0) is 17.1. The van der Waals surface area contributed by atoms with E-state index in [9.17, 15) is 4.79 Å². The van der Waals surface area contributed by atoms with E-state index in [-0.39, 0.29) is 5.78 Å². The van der Waals surface area contributed by atoms with E-state index in [1.165, 1.54) is 21.3 Å². The second-order valence-electron chi connectivity index (χ2n) is 4.91. The van der Waals surface area contributed by atoms with E-state index in [1.807, 2.05) is 0 Å². The zero-order valence-corrected chi connectivity index (χ0v) is 14.2. The average Bonchev–Trinajstić information content (AvgIpc) is 2.55. The Morgan fingerprint density at radius 1 is 1.04 bits per heavy atom. The van der Waals surface area contributed by atoms with Gasteiger partial charge in [-0.3, -0.25) is 4.79 Å². The fraction of sp³-hybridized carbons (Fsp3) is 0.235. The van der Waals surface area contributed by atoms with Crippen molar-refractivity contribution in [2.45, 2.75) is 6.92 Å². The van der Waals surface area contributed by atoms with Crippen molar-refractivity contribution in [1.82, 2.24) is 0 Å². The Bertz CT molecular complexity index is 759. The quantitative estimate of drug-likeness (QED) is 0.669.